The van der Waals surface area contributed by atoms with Gasteiger partial charge in [-0.15, -0.1) is 0 Å². The Kier molecular flexibility index (Phi) is 3.47. The molecule has 0 spiro atoms. The van der Waals surface area contributed by atoms with E-state index in [2.05, 4.69) is 14.7 Å². The Hall–Kier alpha value is -0.850. The third-order valence-electron chi connectivity index (χ3n) is 1.27. The highest BCUT2D eigenvalue weighted by Gasteiger charge is 2.25. The Labute approximate surface area is 77.2 Å². The van der Waals surface area contributed by atoms with Crippen molar-refractivity contribution in [1.29, 1.82) is 0 Å². The number of alkyl halides is 3. The van der Waals surface area contributed by atoms with Crippen molar-refractivity contribution in [1.82, 2.24) is 9.36 Å². The predicted molar refractivity (Wildman–Crippen MR) is 43.7 cm³/mol. The molecule has 3 nitrogen and oxygen atoms in total. The van der Waals surface area contributed by atoms with E-state index in [4.69, 9.17) is 0 Å². The monoisotopic (exact) mass is 211 g/mol. The summed E-state index contributed by atoms with van der Waals surface area (Å²) in [6.07, 6.45) is -3.42. The summed E-state index contributed by atoms with van der Waals surface area (Å²) in [5.41, 5.74) is 0. The van der Waals surface area contributed by atoms with Crippen molar-refractivity contribution in [2.75, 3.05) is 11.9 Å². The zero-order valence-corrected chi connectivity index (χ0v) is 7.45. The summed E-state index contributed by atoms with van der Waals surface area (Å²) < 4.78 is 38.7. The van der Waals surface area contributed by atoms with E-state index in [9.17, 15) is 13.2 Å². The van der Waals surface area contributed by atoms with E-state index in [1.54, 1.807) is 0 Å². The molecule has 1 rings (SSSR count). The normalized spacial score (nSPS) is 11.6. The van der Waals surface area contributed by atoms with Gasteiger partial charge in [0, 0.05) is 24.5 Å². The van der Waals surface area contributed by atoms with Gasteiger partial charge in [-0.2, -0.15) is 17.5 Å². The second-order valence-electron chi connectivity index (χ2n) is 2.39. The minimum atomic E-state index is -4.07. The molecule has 1 aromatic rings. The number of hydrogen-bond donors (Lipinski definition) is 1. The molecule has 0 amide bonds. The van der Waals surface area contributed by atoms with Crippen LogP contribution in [0.3, 0.4) is 0 Å². The molecule has 0 unspecified atom stereocenters. The van der Waals surface area contributed by atoms with Crippen LogP contribution in [0.5, 0.6) is 0 Å². The molecular weight excluding hydrogens is 203 g/mol. The van der Waals surface area contributed by atoms with E-state index in [1.165, 1.54) is 6.33 Å². The summed E-state index contributed by atoms with van der Waals surface area (Å²) in [5, 5.41) is 3.30. The van der Waals surface area contributed by atoms with Crippen LogP contribution in [0.2, 0.25) is 0 Å². The fourth-order valence-corrected chi connectivity index (χ4v) is 1.19. The average molecular weight is 211 g/mol. The zero-order chi connectivity index (χ0) is 9.73. The lowest BCUT2D eigenvalue weighted by molar-refractivity contribution is -0.134. The first-order valence-electron chi connectivity index (χ1n) is 3.65. The third kappa shape index (κ3) is 4.66. The molecule has 0 bridgehead atoms. The van der Waals surface area contributed by atoms with Crippen molar-refractivity contribution >= 4 is 16.7 Å². The van der Waals surface area contributed by atoms with E-state index >= 15 is 0 Å². The number of nitrogens with zero attached hydrogens (tertiary/aromatic N) is 2. The Bertz CT molecular complexity index is 234. The summed E-state index contributed by atoms with van der Waals surface area (Å²) in [6.45, 7) is 0.273. The Balaban J connectivity index is 2.09. The first-order valence-corrected chi connectivity index (χ1v) is 4.42. The Morgan fingerprint density at radius 1 is 1.46 bits per heavy atom. The van der Waals surface area contributed by atoms with Gasteiger partial charge in [-0.1, -0.05) is 0 Å². The van der Waals surface area contributed by atoms with Gasteiger partial charge in [0.25, 0.3) is 0 Å². The number of halogens is 3. The van der Waals surface area contributed by atoms with Crippen molar-refractivity contribution in [2.24, 2.45) is 0 Å². The van der Waals surface area contributed by atoms with E-state index in [1.807, 2.05) is 0 Å². The van der Waals surface area contributed by atoms with Crippen molar-refractivity contribution in [3.8, 4) is 0 Å². The number of rotatable bonds is 4. The molecular formula is C6H8F3N3S. The highest BCUT2D eigenvalue weighted by atomic mass is 32.1. The molecule has 0 atom stereocenters. The van der Waals surface area contributed by atoms with Gasteiger partial charge in [0.15, 0.2) is 0 Å². The molecule has 1 aromatic heterocycles. The molecule has 0 fully saturated rings. The molecule has 0 aliphatic carbocycles. The smallest absolute Gasteiger partial charge is 0.360 e. The van der Waals surface area contributed by atoms with Crippen LogP contribution in [0, 0.1) is 0 Å². The summed E-state index contributed by atoms with van der Waals surface area (Å²) >= 11 is 1.13. The maximum atomic E-state index is 11.7. The lowest BCUT2D eigenvalue weighted by Crippen LogP contribution is -2.10. The van der Waals surface area contributed by atoms with E-state index < -0.39 is 12.6 Å². The molecule has 13 heavy (non-hydrogen) atoms. The van der Waals surface area contributed by atoms with Crippen LogP contribution < -0.4 is 5.32 Å². The fraction of sp³-hybridized carbons (Fsp3) is 0.667. The lowest BCUT2D eigenvalue weighted by atomic mass is 10.3. The summed E-state index contributed by atoms with van der Waals surface area (Å²) in [6, 6.07) is 0. The first-order chi connectivity index (χ1) is 6.08. The quantitative estimate of drug-likeness (QED) is 0.776. The Morgan fingerprint density at radius 3 is 2.77 bits per heavy atom. The fourth-order valence-electron chi connectivity index (χ4n) is 0.735. The third-order valence-corrected chi connectivity index (χ3v) is 1.90. The first kappa shape index (κ1) is 10.2. The van der Waals surface area contributed by atoms with Crippen LogP contribution in [0.25, 0.3) is 0 Å². The molecule has 0 aliphatic rings. The number of nitrogens with one attached hydrogen (secondary N) is 1. The second-order valence-corrected chi connectivity index (χ2v) is 3.17. The van der Waals surface area contributed by atoms with Crippen LogP contribution in [0.15, 0.2) is 6.33 Å². The highest BCUT2D eigenvalue weighted by molar-refractivity contribution is 7.09. The average Bonchev–Trinajstić information content (AvgIpc) is 2.48. The van der Waals surface area contributed by atoms with Gasteiger partial charge in [0.2, 0.25) is 5.13 Å². The van der Waals surface area contributed by atoms with Crippen LogP contribution in [0.4, 0.5) is 18.3 Å². The van der Waals surface area contributed by atoms with Crippen LogP contribution in [0.1, 0.15) is 12.8 Å². The van der Waals surface area contributed by atoms with Gasteiger partial charge in [0.1, 0.15) is 6.33 Å². The van der Waals surface area contributed by atoms with Crippen molar-refractivity contribution in [2.45, 2.75) is 19.0 Å². The molecule has 1 N–H and O–H groups in total. The van der Waals surface area contributed by atoms with Gasteiger partial charge in [-0.3, -0.25) is 0 Å². The zero-order valence-electron chi connectivity index (χ0n) is 6.64. The molecule has 0 aromatic carbocycles. The minimum absolute atomic E-state index is 0.0586. The largest absolute Gasteiger partial charge is 0.389 e. The molecule has 0 saturated heterocycles. The van der Waals surface area contributed by atoms with Gasteiger partial charge in [-0.05, 0) is 6.42 Å². The number of hydrogen-bond acceptors (Lipinski definition) is 4. The van der Waals surface area contributed by atoms with E-state index in [0.717, 1.165) is 11.5 Å². The van der Waals surface area contributed by atoms with Gasteiger partial charge in [0.05, 0.1) is 0 Å². The SMILES string of the molecule is FC(F)(F)CCCNc1ncns1. The van der Waals surface area contributed by atoms with E-state index in [0.29, 0.717) is 5.13 Å². The molecule has 0 radical (unpaired) electrons. The molecule has 0 aliphatic heterocycles. The van der Waals surface area contributed by atoms with Crippen LogP contribution in [-0.4, -0.2) is 22.1 Å². The van der Waals surface area contributed by atoms with Gasteiger partial charge in [-0.25, -0.2) is 4.98 Å². The Morgan fingerprint density at radius 2 is 2.23 bits per heavy atom. The van der Waals surface area contributed by atoms with Gasteiger partial charge < -0.3 is 5.32 Å². The molecule has 0 saturated carbocycles. The summed E-state index contributed by atoms with van der Waals surface area (Å²) in [7, 11) is 0. The van der Waals surface area contributed by atoms with Crippen LogP contribution >= 0.6 is 11.5 Å². The molecule has 74 valence electrons. The maximum Gasteiger partial charge on any atom is 0.389 e. The minimum Gasteiger partial charge on any atom is -0.360 e. The van der Waals surface area contributed by atoms with Crippen molar-refractivity contribution < 1.29 is 13.2 Å². The summed E-state index contributed by atoms with van der Waals surface area (Å²) in [5.74, 6) is 0. The van der Waals surface area contributed by atoms with Crippen molar-refractivity contribution in [3.05, 3.63) is 6.33 Å². The predicted octanol–water partition coefficient (Wildman–Crippen LogP) is 2.29. The highest BCUT2D eigenvalue weighted by Crippen LogP contribution is 2.21. The van der Waals surface area contributed by atoms with Crippen molar-refractivity contribution in [3.63, 3.8) is 0 Å². The maximum absolute atomic E-state index is 11.7. The molecule has 1 heterocycles. The second kappa shape index (κ2) is 4.40. The topological polar surface area (TPSA) is 37.8 Å². The van der Waals surface area contributed by atoms with Gasteiger partial charge >= 0.3 is 6.18 Å². The van der Waals surface area contributed by atoms with Crippen LogP contribution in [-0.2, 0) is 0 Å². The number of anilines is 1. The number of aromatic nitrogens is 2. The summed E-state index contributed by atoms with van der Waals surface area (Å²) in [4.78, 5) is 3.77. The lowest BCUT2D eigenvalue weighted by Gasteiger charge is -2.05. The standard InChI is InChI=1S/C6H8F3N3S/c7-6(8,9)2-1-3-10-5-11-4-12-13-5/h4H,1-3H2,(H,10,11,12). The molecule has 7 heteroatoms. The van der Waals surface area contributed by atoms with E-state index in [-0.39, 0.29) is 13.0 Å².